The van der Waals surface area contributed by atoms with Crippen molar-refractivity contribution in [1.29, 1.82) is 0 Å². The van der Waals surface area contributed by atoms with Gasteiger partial charge in [0.1, 0.15) is 24.2 Å². The summed E-state index contributed by atoms with van der Waals surface area (Å²) in [5, 5.41) is 13.7. The SMILES string of the molecule is Cc1cccc(OCC(O)CNC(=O)c2cc3ccccc3[nH]2)c1. The predicted octanol–water partition coefficient (Wildman–Crippen LogP) is 2.65. The third-order valence-electron chi connectivity index (χ3n) is 3.70. The Bertz CT molecular complexity index is 808. The number of amides is 1. The summed E-state index contributed by atoms with van der Waals surface area (Å²) in [5.74, 6) is 0.455. The number of rotatable bonds is 6. The standard InChI is InChI=1S/C19H20N2O3/c1-13-5-4-7-16(9-13)24-12-15(22)11-20-19(23)18-10-14-6-2-3-8-17(14)21-18/h2-10,15,21-22H,11-12H2,1H3,(H,20,23). The molecule has 1 heterocycles. The lowest BCUT2D eigenvalue weighted by Gasteiger charge is -2.13. The third kappa shape index (κ3) is 3.94. The van der Waals surface area contributed by atoms with Gasteiger partial charge in [-0.25, -0.2) is 0 Å². The van der Waals surface area contributed by atoms with E-state index in [1.54, 1.807) is 6.07 Å². The molecule has 3 aromatic rings. The Labute approximate surface area is 140 Å². The van der Waals surface area contributed by atoms with E-state index in [1.165, 1.54) is 0 Å². The van der Waals surface area contributed by atoms with Gasteiger partial charge in [0.05, 0.1) is 0 Å². The fourth-order valence-electron chi connectivity index (χ4n) is 2.46. The number of carbonyl (C=O) groups excluding carboxylic acids is 1. The fraction of sp³-hybridized carbons (Fsp3) is 0.211. The second kappa shape index (κ2) is 7.19. The molecular weight excluding hydrogens is 304 g/mol. The number of aliphatic hydroxyl groups is 1. The molecule has 0 saturated carbocycles. The van der Waals surface area contributed by atoms with Gasteiger partial charge in [-0.15, -0.1) is 0 Å². The molecule has 1 unspecified atom stereocenters. The van der Waals surface area contributed by atoms with Crippen LogP contribution in [0, 0.1) is 6.92 Å². The molecule has 5 nitrogen and oxygen atoms in total. The molecule has 1 amide bonds. The maximum absolute atomic E-state index is 12.1. The normalized spacial score (nSPS) is 12.1. The van der Waals surface area contributed by atoms with Crippen molar-refractivity contribution in [2.75, 3.05) is 13.2 Å². The van der Waals surface area contributed by atoms with E-state index in [9.17, 15) is 9.90 Å². The summed E-state index contributed by atoms with van der Waals surface area (Å²) in [6.45, 7) is 2.22. The smallest absolute Gasteiger partial charge is 0.267 e. The van der Waals surface area contributed by atoms with Crippen LogP contribution in [0.3, 0.4) is 0 Å². The maximum Gasteiger partial charge on any atom is 0.267 e. The number of aromatic amines is 1. The highest BCUT2D eigenvalue weighted by Gasteiger charge is 2.12. The van der Waals surface area contributed by atoms with Crippen molar-refractivity contribution in [2.24, 2.45) is 0 Å². The Morgan fingerprint density at radius 1 is 1.21 bits per heavy atom. The van der Waals surface area contributed by atoms with Crippen molar-refractivity contribution in [3.8, 4) is 5.75 Å². The van der Waals surface area contributed by atoms with Crippen molar-refractivity contribution < 1.29 is 14.6 Å². The van der Waals surface area contributed by atoms with Gasteiger partial charge >= 0.3 is 0 Å². The summed E-state index contributed by atoms with van der Waals surface area (Å²) in [4.78, 5) is 15.2. The fourth-order valence-corrected chi connectivity index (χ4v) is 2.46. The quantitative estimate of drug-likeness (QED) is 0.652. The van der Waals surface area contributed by atoms with Crippen LogP contribution < -0.4 is 10.1 Å². The van der Waals surface area contributed by atoms with E-state index in [4.69, 9.17) is 4.74 Å². The second-order valence-corrected chi connectivity index (χ2v) is 5.76. The monoisotopic (exact) mass is 324 g/mol. The number of hydrogen-bond acceptors (Lipinski definition) is 3. The zero-order valence-corrected chi connectivity index (χ0v) is 13.5. The third-order valence-corrected chi connectivity index (χ3v) is 3.70. The number of nitrogens with one attached hydrogen (secondary N) is 2. The van der Waals surface area contributed by atoms with Gasteiger partial charge in [0.25, 0.3) is 5.91 Å². The van der Waals surface area contributed by atoms with Crippen LogP contribution in [-0.4, -0.2) is 35.3 Å². The van der Waals surface area contributed by atoms with Crippen LogP contribution in [0.25, 0.3) is 10.9 Å². The number of H-pyrrole nitrogens is 1. The summed E-state index contributed by atoms with van der Waals surface area (Å²) < 4.78 is 5.53. The van der Waals surface area contributed by atoms with Crippen molar-refractivity contribution in [3.05, 3.63) is 65.9 Å². The number of carbonyl (C=O) groups is 1. The predicted molar refractivity (Wildman–Crippen MR) is 93.3 cm³/mol. The zero-order chi connectivity index (χ0) is 16.9. The van der Waals surface area contributed by atoms with Gasteiger partial charge in [-0.1, -0.05) is 30.3 Å². The molecule has 0 spiro atoms. The summed E-state index contributed by atoms with van der Waals surface area (Å²) in [6.07, 6.45) is -0.779. The highest BCUT2D eigenvalue weighted by molar-refractivity contribution is 5.97. The van der Waals surface area contributed by atoms with Crippen molar-refractivity contribution in [3.63, 3.8) is 0 Å². The van der Waals surface area contributed by atoms with Gasteiger partial charge in [0.15, 0.2) is 0 Å². The largest absolute Gasteiger partial charge is 0.491 e. The molecule has 1 aromatic heterocycles. The van der Waals surface area contributed by atoms with E-state index in [2.05, 4.69) is 10.3 Å². The molecule has 3 N–H and O–H groups in total. The highest BCUT2D eigenvalue weighted by atomic mass is 16.5. The molecular formula is C19H20N2O3. The molecule has 0 aliphatic rings. The van der Waals surface area contributed by atoms with Crippen molar-refractivity contribution in [2.45, 2.75) is 13.0 Å². The Kier molecular flexibility index (Phi) is 4.82. The van der Waals surface area contributed by atoms with E-state index in [0.29, 0.717) is 11.4 Å². The minimum atomic E-state index is -0.779. The summed E-state index contributed by atoms with van der Waals surface area (Å²) in [7, 11) is 0. The molecule has 0 aliphatic carbocycles. The van der Waals surface area contributed by atoms with E-state index < -0.39 is 6.10 Å². The van der Waals surface area contributed by atoms with Crippen LogP contribution in [0.15, 0.2) is 54.6 Å². The molecule has 1 atom stereocenters. The maximum atomic E-state index is 12.1. The van der Waals surface area contributed by atoms with Crippen LogP contribution in [0.1, 0.15) is 16.1 Å². The van der Waals surface area contributed by atoms with Crippen LogP contribution in [0.4, 0.5) is 0 Å². The van der Waals surface area contributed by atoms with Gasteiger partial charge in [-0.2, -0.15) is 0 Å². The molecule has 0 saturated heterocycles. The number of benzene rings is 2. The van der Waals surface area contributed by atoms with Crippen LogP contribution in [0.2, 0.25) is 0 Å². The number of aromatic nitrogens is 1. The lowest BCUT2D eigenvalue weighted by molar-refractivity contribution is 0.0840. The molecule has 5 heteroatoms. The first-order valence-corrected chi connectivity index (χ1v) is 7.85. The average Bonchev–Trinajstić information content (AvgIpc) is 3.02. The number of aryl methyl sites for hydroxylation is 1. The Morgan fingerprint density at radius 2 is 2.04 bits per heavy atom. The van der Waals surface area contributed by atoms with E-state index in [0.717, 1.165) is 16.5 Å². The van der Waals surface area contributed by atoms with Gasteiger partial charge in [0.2, 0.25) is 0 Å². The van der Waals surface area contributed by atoms with Crippen molar-refractivity contribution >= 4 is 16.8 Å². The molecule has 2 aromatic carbocycles. The first-order chi connectivity index (χ1) is 11.6. The second-order valence-electron chi connectivity index (χ2n) is 5.76. The molecule has 0 aliphatic heterocycles. The summed E-state index contributed by atoms with van der Waals surface area (Å²) >= 11 is 0. The summed E-state index contributed by atoms with van der Waals surface area (Å²) in [5.41, 5.74) is 2.48. The first-order valence-electron chi connectivity index (χ1n) is 7.85. The molecule has 0 radical (unpaired) electrons. The lowest BCUT2D eigenvalue weighted by atomic mass is 10.2. The number of para-hydroxylation sites is 1. The van der Waals surface area contributed by atoms with Crippen molar-refractivity contribution in [1.82, 2.24) is 10.3 Å². The first kappa shape index (κ1) is 16.1. The lowest BCUT2D eigenvalue weighted by Crippen LogP contribution is -2.35. The Balaban J connectivity index is 1.50. The van der Waals surface area contributed by atoms with Gasteiger partial charge in [0, 0.05) is 17.4 Å². The van der Waals surface area contributed by atoms with Gasteiger partial charge < -0.3 is 20.1 Å². The molecule has 3 rings (SSSR count). The number of hydrogen-bond donors (Lipinski definition) is 3. The van der Waals surface area contributed by atoms with Crippen LogP contribution >= 0.6 is 0 Å². The molecule has 0 bridgehead atoms. The number of fused-ring (bicyclic) bond motifs is 1. The van der Waals surface area contributed by atoms with E-state index in [-0.39, 0.29) is 19.1 Å². The summed E-state index contributed by atoms with van der Waals surface area (Å²) in [6, 6.07) is 17.1. The highest BCUT2D eigenvalue weighted by Crippen LogP contribution is 2.14. The van der Waals surface area contributed by atoms with E-state index >= 15 is 0 Å². The molecule has 124 valence electrons. The number of aliphatic hydroxyl groups excluding tert-OH is 1. The molecule has 24 heavy (non-hydrogen) atoms. The molecule has 0 fully saturated rings. The Morgan fingerprint density at radius 3 is 2.83 bits per heavy atom. The average molecular weight is 324 g/mol. The zero-order valence-electron chi connectivity index (χ0n) is 13.5. The minimum Gasteiger partial charge on any atom is -0.491 e. The number of ether oxygens (including phenoxy) is 1. The van der Waals surface area contributed by atoms with Gasteiger partial charge in [-0.05, 0) is 36.8 Å². The topological polar surface area (TPSA) is 74.3 Å². The van der Waals surface area contributed by atoms with Crippen LogP contribution in [-0.2, 0) is 0 Å². The Hall–Kier alpha value is -2.79. The van der Waals surface area contributed by atoms with E-state index in [1.807, 2.05) is 55.5 Å². The van der Waals surface area contributed by atoms with Gasteiger partial charge in [-0.3, -0.25) is 4.79 Å². The van der Waals surface area contributed by atoms with Crippen LogP contribution in [0.5, 0.6) is 5.75 Å². The minimum absolute atomic E-state index is 0.121.